The van der Waals surface area contributed by atoms with Crippen molar-refractivity contribution in [3.05, 3.63) is 95.7 Å². The van der Waals surface area contributed by atoms with Crippen molar-refractivity contribution in [1.29, 1.82) is 0 Å². The first-order chi connectivity index (χ1) is 11.3. The minimum atomic E-state index is -2.62. The molecule has 0 aliphatic carbocycles. The van der Waals surface area contributed by atoms with Gasteiger partial charge in [0, 0.05) is 17.3 Å². The van der Waals surface area contributed by atoms with E-state index in [0.717, 1.165) is 11.1 Å². The maximum Gasteiger partial charge on any atom is 0.267 e. The normalized spacial score (nSPS) is 10.6. The molecule has 23 heavy (non-hydrogen) atoms. The molecule has 0 saturated heterocycles. The molecule has 2 aromatic carbocycles. The molecule has 114 valence electrons. The lowest BCUT2D eigenvalue weighted by molar-refractivity contribution is 0.151. The predicted molar refractivity (Wildman–Crippen MR) is 87.4 cm³/mol. The first-order valence-electron chi connectivity index (χ1n) is 7.18. The Bertz CT molecular complexity index is 758. The first kappa shape index (κ1) is 15.0. The molecule has 4 heteroatoms. The van der Waals surface area contributed by atoms with E-state index in [1.54, 1.807) is 0 Å². The van der Waals surface area contributed by atoms with Crippen LogP contribution >= 0.6 is 0 Å². The summed E-state index contributed by atoms with van der Waals surface area (Å²) in [4.78, 5) is 8.47. The third-order valence-electron chi connectivity index (χ3n) is 3.36. The van der Waals surface area contributed by atoms with Gasteiger partial charge in [0.05, 0.1) is 11.3 Å². The number of pyridine rings is 1. The van der Waals surface area contributed by atoms with Crippen molar-refractivity contribution in [1.82, 2.24) is 4.98 Å². The van der Waals surface area contributed by atoms with Gasteiger partial charge in [0.1, 0.15) is 0 Å². The van der Waals surface area contributed by atoms with Crippen LogP contribution in [0, 0.1) is 0 Å². The highest BCUT2D eigenvalue weighted by atomic mass is 19.3. The lowest BCUT2D eigenvalue weighted by atomic mass is 10.0. The molecule has 1 heterocycles. The number of halogens is 2. The lowest BCUT2D eigenvalue weighted by Gasteiger charge is -2.09. The summed E-state index contributed by atoms with van der Waals surface area (Å²) >= 11 is 0. The molecule has 0 aliphatic heterocycles. The van der Waals surface area contributed by atoms with E-state index in [0.29, 0.717) is 5.71 Å². The van der Waals surface area contributed by atoms with Gasteiger partial charge in [-0.05, 0) is 12.1 Å². The Morgan fingerprint density at radius 3 is 1.87 bits per heavy atom. The third kappa shape index (κ3) is 3.48. The molecular weight excluding hydrogens is 294 g/mol. The highest BCUT2D eigenvalue weighted by Crippen LogP contribution is 2.28. The Morgan fingerprint density at radius 1 is 0.783 bits per heavy atom. The van der Waals surface area contributed by atoms with Gasteiger partial charge >= 0.3 is 0 Å². The third-order valence-corrected chi connectivity index (χ3v) is 3.36. The van der Waals surface area contributed by atoms with Crippen LogP contribution in [0.5, 0.6) is 0 Å². The molecular formula is C19H14F2N2. The van der Waals surface area contributed by atoms with Crippen LogP contribution in [0.15, 0.2) is 84.0 Å². The fourth-order valence-corrected chi connectivity index (χ4v) is 2.27. The van der Waals surface area contributed by atoms with E-state index < -0.39 is 6.43 Å². The van der Waals surface area contributed by atoms with E-state index >= 15 is 0 Å². The number of rotatable bonds is 4. The maximum absolute atomic E-state index is 13.2. The zero-order valence-corrected chi connectivity index (χ0v) is 12.2. The Morgan fingerprint density at radius 2 is 1.35 bits per heavy atom. The number of aliphatic imine (C=N–C) groups is 1. The summed E-state index contributed by atoms with van der Waals surface area (Å²) in [5.74, 6) is 0.0465. The van der Waals surface area contributed by atoms with Crippen LogP contribution in [0.2, 0.25) is 0 Å². The van der Waals surface area contributed by atoms with E-state index in [2.05, 4.69) is 9.98 Å². The standard InChI is InChI=1S/C19H14F2N2/c20-18(21)16-12-7-13-22-19(16)23-17(14-8-3-1-4-9-14)15-10-5-2-6-11-15/h1-13,18H. The van der Waals surface area contributed by atoms with Gasteiger partial charge < -0.3 is 0 Å². The van der Waals surface area contributed by atoms with Crippen molar-refractivity contribution in [2.45, 2.75) is 6.43 Å². The molecule has 0 radical (unpaired) electrons. The van der Waals surface area contributed by atoms with Gasteiger partial charge in [-0.3, -0.25) is 0 Å². The number of aromatic nitrogens is 1. The van der Waals surface area contributed by atoms with Crippen LogP contribution in [-0.4, -0.2) is 10.7 Å². The molecule has 0 aliphatic rings. The quantitative estimate of drug-likeness (QED) is 0.609. The number of hydrogen-bond acceptors (Lipinski definition) is 2. The van der Waals surface area contributed by atoms with Crippen LogP contribution < -0.4 is 0 Å². The lowest BCUT2D eigenvalue weighted by Crippen LogP contribution is -2.03. The Balaban J connectivity index is 2.17. The number of benzene rings is 2. The monoisotopic (exact) mass is 308 g/mol. The molecule has 0 N–H and O–H groups in total. The minimum absolute atomic E-state index is 0.0465. The molecule has 0 saturated carbocycles. The Kier molecular flexibility index (Phi) is 4.52. The summed E-state index contributed by atoms with van der Waals surface area (Å²) in [5, 5.41) is 0. The highest BCUT2D eigenvalue weighted by Gasteiger charge is 2.15. The molecule has 3 aromatic rings. The van der Waals surface area contributed by atoms with Crippen LogP contribution in [0.1, 0.15) is 23.1 Å². The molecule has 0 amide bonds. The van der Waals surface area contributed by atoms with Crippen molar-refractivity contribution < 1.29 is 8.78 Å². The first-order valence-corrected chi connectivity index (χ1v) is 7.18. The van der Waals surface area contributed by atoms with E-state index in [1.165, 1.54) is 18.3 Å². The summed E-state index contributed by atoms with van der Waals surface area (Å²) in [7, 11) is 0. The van der Waals surface area contributed by atoms with Crippen molar-refractivity contribution in [3.8, 4) is 0 Å². The fourth-order valence-electron chi connectivity index (χ4n) is 2.27. The zero-order valence-electron chi connectivity index (χ0n) is 12.2. The van der Waals surface area contributed by atoms with Crippen molar-refractivity contribution in [3.63, 3.8) is 0 Å². The summed E-state index contributed by atoms with van der Waals surface area (Å²) in [6.45, 7) is 0. The summed E-state index contributed by atoms with van der Waals surface area (Å²) < 4.78 is 26.3. The van der Waals surface area contributed by atoms with Crippen LogP contribution in [0.25, 0.3) is 0 Å². The van der Waals surface area contributed by atoms with E-state index in [4.69, 9.17) is 0 Å². The van der Waals surface area contributed by atoms with Crippen LogP contribution in [0.4, 0.5) is 14.6 Å². The van der Waals surface area contributed by atoms with Gasteiger partial charge in [0.2, 0.25) is 0 Å². The second-order valence-corrected chi connectivity index (χ2v) is 4.91. The number of alkyl halides is 2. The second-order valence-electron chi connectivity index (χ2n) is 4.91. The smallest absolute Gasteiger partial charge is 0.237 e. The zero-order chi connectivity index (χ0) is 16.1. The van der Waals surface area contributed by atoms with Gasteiger partial charge in [-0.15, -0.1) is 0 Å². The van der Waals surface area contributed by atoms with E-state index in [9.17, 15) is 8.78 Å². The van der Waals surface area contributed by atoms with Gasteiger partial charge in [-0.25, -0.2) is 18.8 Å². The Hall–Kier alpha value is -2.88. The van der Waals surface area contributed by atoms with Gasteiger partial charge in [-0.1, -0.05) is 60.7 Å². The van der Waals surface area contributed by atoms with Gasteiger partial charge in [-0.2, -0.15) is 0 Å². The number of nitrogens with zero attached hydrogens (tertiary/aromatic N) is 2. The number of hydrogen-bond donors (Lipinski definition) is 0. The summed E-state index contributed by atoms with van der Waals surface area (Å²) in [6.07, 6.45) is -1.14. The molecule has 0 fully saturated rings. The van der Waals surface area contributed by atoms with Crippen LogP contribution in [-0.2, 0) is 0 Å². The largest absolute Gasteiger partial charge is 0.267 e. The molecule has 0 bridgehead atoms. The predicted octanol–water partition coefficient (Wildman–Crippen LogP) is 5.19. The van der Waals surface area contributed by atoms with Gasteiger partial charge in [0.25, 0.3) is 6.43 Å². The average molecular weight is 308 g/mol. The van der Waals surface area contributed by atoms with Gasteiger partial charge in [0.15, 0.2) is 5.82 Å². The van der Waals surface area contributed by atoms with E-state index in [-0.39, 0.29) is 11.4 Å². The molecule has 0 spiro atoms. The van der Waals surface area contributed by atoms with Crippen LogP contribution in [0.3, 0.4) is 0 Å². The highest BCUT2D eigenvalue weighted by molar-refractivity contribution is 6.13. The summed E-state index contributed by atoms with van der Waals surface area (Å²) in [6, 6.07) is 21.8. The van der Waals surface area contributed by atoms with Crippen molar-refractivity contribution >= 4 is 11.5 Å². The van der Waals surface area contributed by atoms with Crippen molar-refractivity contribution in [2.75, 3.05) is 0 Å². The molecule has 0 unspecified atom stereocenters. The Labute approximate surface area is 133 Å². The topological polar surface area (TPSA) is 25.2 Å². The second kappa shape index (κ2) is 6.92. The SMILES string of the molecule is FC(F)c1cccnc1N=C(c1ccccc1)c1ccccc1. The molecule has 1 aromatic heterocycles. The molecule has 3 rings (SSSR count). The summed E-state index contributed by atoms with van der Waals surface area (Å²) in [5.41, 5.74) is 2.15. The maximum atomic E-state index is 13.2. The fraction of sp³-hybridized carbons (Fsp3) is 0.0526. The molecule has 0 atom stereocenters. The minimum Gasteiger partial charge on any atom is -0.237 e. The van der Waals surface area contributed by atoms with E-state index in [1.807, 2.05) is 60.7 Å². The molecule has 2 nitrogen and oxygen atoms in total. The van der Waals surface area contributed by atoms with Crippen molar-refractivity contribution in [2.24, 2.45) is 4.99 Å². The average Bonchev–Trinajstić information content (AvgIpc) is 2.61.